The number of ether oxygens (including phenoxy) is 1. The normalized spacial score (nSPS) is 15.8. The van der Waals surface area contributed by atoms with E-state index in [0.29, 0.717) is 18.7 Å². The highest BCUT2D eigenvalue weighted by atomic mass is 16.5. The average molecular weight is 354 g/mol. The molecule has 1 saturated heterocycles. The number of carbonyl (C=O) groups excluding carboxylic acids is 1. The first-order valence-electron chi connectivity index (χ1n) is 9.10. The van der Waals surface area contributed by atoms with Crippen molar-refractivity contribution in [1.29, 1.82) is 0 Å². The van der Waals surface area contributed by atoms with Crippen LogP contribution in [0.5, 0.6) is 0 Å². The number of benzene rings is 1. The largest absolute Gasteiger partial charge is 0.372 e. The van der Waals surface area contributed by atoms with Crippen LogP contribution in [0, 0.1) is 6.92 Å². The van der Waals surface area contributed by atoms with Crippen LogP contribution in [0.1, 0.15) is 48.3 Å². The van der Waals surface area contributed by atoms with Crippen LogP contribution < -0.4 is 5.56 Å². The molecule has 138 valence electrons. The van der Waals surface area contributed by atoms with Crippen molar-refractivity contribution in [2.75, 3.05) is 13.1 Å². The molecule has 1 amide bonds. The number of aryl methyl sites for hydroxylation is 1. The van der Waals surface area contributed by atoms with Crippen molar-refractivity contribution in [2.24, 2.45) is 0 Å². The summed E-state index contributed by atoms with van der Waals surface area (Å²) in [5, 5.41) is 0. The van der Waals surface area contributed by atoms with E-state index >= 15 is 0 Å². The Labute approximate surface area is 154 Å². The van der Waals surface area contributed by atoms with Crippen molar-refractivity contribution in [2.45, 2.75) is 45.9 Å². The molecule has 1 aliphatic heterocycles. The fourth-order valence-corrected chi connectivity index (χ4v) is 3.33. The SMILES string of the molecule is Cc1ccn(C(C)c2ccccc2)c(=O)c1C(=O)N1CC(OC(C)C)C1. The van der Waals surface area contributed by atoms with Gasteiger partial charge in [0.2, 0.25) is 0 Å². The van der Waals surface area contributed by atoms with Gasteiger partial charge in [-0.05, 0) is 44.9 Å². The molecule has 0 aliphatic carbocycles. The minimum atomic E-state index is -0.236. The van der Waals surface area contributed by atoms with E-state index in [1.165, 1.54) is 0 Å². The smallest absolute Gasteiger partial charge is 0.264 e. The van der Waals surface area contributed by atoms with E-state index in [4.69, 9.17) is 4.74 Å². The first-order valence-corrected chi connectivity index (χ1v) is 9.10. The lowest BCUT2D eigenvalue weighted by molar-refractivity contribution is -0.0685. The molecule has 1 aromatic carbocycles. The molecule has 0 radical (unpaired) electrons. The van der Waals surface area contributed by atoms with Crippen LogP contribution in [0.4, 0.5) is 0 Å². The summed E-state index contributed by atoms with van der Waals surface area (Å²) in [6.07, 6.45) is 1.97. The van der Waals surface area contributed by atoms with E-state index < -0.39 is 0 Å². The molecule has 26 heavy (non-hydrogen) atoms. The van der Waals surface area contributed by atoms with Crippen molar-refractivity contribution >= 4 is 5.91 Å². The number of hydrogen-bond acceptors (Lipinski definition) is 3. The van der Waals surface area contributed by atoms with Gasteiger partial charge in [-0.2, -0.15) is 0 Å². The number of rotatable bonds is 5. The van der Waals surface area contributed by atoms with Crippen molar-refractivity contribution in [3.8, 4) is 0 Å². The van der Waals surface area contributed by atoms with E-state index in [9.17, 15) is 9.59 Å². The molecule has 0 spiro atoms. The molecule has 2 heterocycles. The maximum atomic E-state index is 13.0. The summed E-state index contributed by atoms with van der Waals surface area (Å²) < 4.78 is 7.34. The summed E-state index contributed by atoms with van der Waals surface area (Å²) in [7, 11) is 0. The van der Waals surface area contributed by atoms with Crippen LogP contribution >= 0.6 is 0 Å². The molecule has 1 aliphatic rings. The third-order valence-electron chi connectivity index (χ3n) is 4.84. The minimum absolute atomic E-state index is 0.0634. The number of aromatic nitrogens is 1. The highest BCUT2D eigenvalue weighted by Gasteiger charge is 2.34. The van der Waals surface area contributed by atoms with Gasteiger partial charge in [0.15, 0.2) is 0 Å². The zero-order chi connectivity index (χ0) is 18.8. The molecule has 3 rings (SSSR count). The molecular formula is C21H26N2O3. The Balaban J connectivity index is 1.85. The van der Waals surface area contributed by atoms with Gasteiger partial charge in [-0.25, -0.2) is 0 Å². The number of hydrogen-bond donors (Lipinski definition) is 0. The van der Waals surface area contributed by atoms with E-state index in [1.807, 2.05) is 64.1 Å². The van der Waals surface area contributed by atoms with Gasteiger partial charge in [0.1, 0.15) is 5.56 Å². The Morgan fingerprint density at radius 3 is 2.38 bits per heavy atom. The lowest BCUT2D eigenvalue weighted by Gasteiger charge is -2.40. The van der Waals surface area contributed by atoms with Crippen LogP contribution in [0.3, 0.4) is 0 Å². The van der Waals surface area contributed by atoms with Crippen molar-refractivity contribution in [3.05, 3.63) is 69.6 Å². The zero-order valence-corrected chi connectivity index (χ0v) is 15.8. The van der Waals surface area contributed by atoms with E-state index in [0.717, 1.165) is 5.56 Å². The maximum absolute atomic E-state index is 13.0. The van der Waals surface area contributed by atoms with Crippen molar-refractivity contribution < 1.29 is 9.53 Å². The Bertz CT molecular complexity index is 836. The van der Waals surface area contributed by atoms with E-state index in [-0.39, 0.29) is 35.3 Å². The van der Waals surface area contributed by atoms with Crippen molar-refractivity contribution in [1.82, 2.24) is 9.47 Å². The quantitative estimate of drug-likeness (QED) is 0.829. The Kier molecular flexibility index (Phi) is 5.28. The maximum Gasteiger partial charge on any atom is 0.264 e. The summed E-state index contributed by atoms with van der Waals surface area (Å²) in [5.74, 6) is -0.203. The highest BCUT2D eigenvalue weighted by Crippen LogP contribution is 2.20. The summed E-state index contributed by atoms with van der Waals surface area (Å²) >= 11 is 0. The topological polar surface area (TPSA) is 51.5 Å². The molecule has 0 saturated carbocycles. The van der Waals surface area contributed by atoms with Gasteiger partial charge in [0.25, 0.3) is 11.5 Å². The van der Waals surface area contributed by atoms with Gasteiger partial charge in [0, 0.05) is 19.3 Å². The Morgan fingerprint density at radius 2 is 1.77 bits per heavy atom. The summed E-state index contributed by atoms with van der Waals surface area (Å²) in [6.45, 7) is 8.83. The van der Waals surface area contributed by atoms with Gasteiger partial charge in [-0.1, -0.05) is 30.3 Å². The number of nitrogens with zero attached hydrogens (tertiary/aromatic N) is 2. The second-order valence-electron chi connectivity index (χ2n) is 7.19. The van der Waals surface area contributed by atoms with Gasteiger partial charge < -0.3 is 14.2 Å². The second kappa shape index (κ2) is 7.46. The predicted octanol–water partition coefficient (Wildman–Crippen LogP) is 3.02. The Hall–Kier alpha value is -2.40. The van der Waals surface area contributed by atoms with Gasteiger partial charge in [-0.3, -0.25) is 9.59 Å². The molecule has 0 N–H and O–H groups in total. The predicted molar refractivity (Wildman–Crippen MR) is 102 cm³/mol. The fraction of sp³-hybridized carbons (Fsp3) is 0.429. The molecule has 5 heteroatoms. The first-order chi connectivity index (χ1) is 12.4. The fourth-order valence-electron chi connectivity index (χ4n) is 3.33. The van der Waals surface area contributed by atoms with E-state index in [2.05, 4.69) is 0 Å². The molecule has 1 aromatic heterocycles. The number of likely N-dealkylation sites (tertiary alicyclic amines) is 1. The number of pyridine rings is 1. The second-order valence-corrected chi connectivity index (χ2v) is 7.19. The lowest BCUT2D eigenvalue weighted by atomic mass is 10.0. The van der Waals surface area contributed by atoms with Gasteiger partial charge >= 0.3 is 0 Å². The van der Waals surface area contributed by atoms with E-state index in [1.54, 1.807) is 15.7 Å². The molecule has 0 bridgehead atoms. The summed E-state index contributed by atoms with van der Waals surface area (Å²) in [6, 6.07) is 11.5. The monoisotopic (exact) mass is 354 g/mol. The van der Waals surface area contributed by atoms with Crippen LogP contribution in [0.25, 0.3) is 0 Å². The number of amides is 1. The molecule has 1 atom stereocenters. The van der Waals surface area contributed by atoms with Crippen LogP contribution in [0.2, 0.25) is 0 Å². The standard InChI is InChI=1S/C21H26N2O3/c1-14(2)26-18-12-22(13-18)20(24)19-15(3)10-11-23(21(19)25)16(4)17-8-6-5-7-9-17/h5-11,14,16,18H,12-13H2,1-4H3. The zero-order valence-electron chi connectivity index (χ0n) is 15.8. The van der Waals surface area contributed by atoms with Crippen LogP contribution in [0.15, 0.2) is 47.4 Å². The van der Waals surface area contributed by atoms with Crippen molar-refractivity contribution in [3.63, 3.8) is 0 Å². The Morgan fingerprint density at radius 1 is 1.12 bits per heavy atom. The molecule has 1 unspecified atom stereocenters. The molecular weight excluding hydrogens is 328 g/mol. The van der Waals surface area contributed by atoms with Gasteiger partial charge in [-0.15, -0.1) is 0 Å². The molecule has 5 nitrogen and oxygen atoms in total. The summed E-state index contributed by atoms with van der Waals surface area (Å²) in [4.78, 5) is 27.6. The van der Waals surface area contributed by atoms with Crippen LogP contribution in [-0.2, 0) is 4.74 Å². The number of carbonyl (C=O) groups is 1. The third-order valence-corrected chi connectivity index (χ3v) is 4.84. The van der Waals surface area contributed by atoms with Gasteiger partial charge in [0.05, 0.1) is 18.2 Å². The molecule has 1 fully saturated rings. The lowest BCUT2D eigenvalue weighted by Crippen LogP contribution is -2.56. The first kappa shape index (κ1) is 18.4. The van der Waals surface area contributed by atoms with Crippen LogP contribution in [-0.4, -0.2) is 40.7 Å². The average Bonchev–Trinajstić information content (AvgIpc) is 2.57. The third kappa shape index (κ3) is 3.58. The minimum Gasteiger partial charge on any atom is -0.372 e. The highest BCUT2D eigenvalue weighted by molar-refractivity contribution is 5.95. The summed E-state index contributed by atoms with van der Waals surface area (Å²) in [5.41, 5.74) is 1.77. The molecule has 2 aromatic rings.